The summed E-state index contributed by atoms with van der Waals surface area (Å²) in [6, 6.07) is 5.14. The maximum absolute atomic E-state index is 11.0. The van der Waals surface area contributed by atoms with E-state index in [9.17, 15) is 4.79 Å². The molecule has 0 bridgehead atoms. The van der Waals surface area contributed by atoms with Crippen LogP contribution in [0.1, 0.15) is 41.9 Å². The van der Waals surface area contributed by atoms with Crippen LogP contribution in [0, 0.1) is 12.8 Å². The zero-order chi connectivity index (χ0) is 13.4. The third-order valence-corrected chi connectivity index (χ3v) is 3.88. The molecule has 0 amide bonds. The first-order valence-corrected chi connectivity index (χ1v) is 6.85. The SMILES string of the molecule is Cc1nc2ccc(C(=O)O)cc2n1CCCC1CC1. The predicted molar refractivity (Wildman–Crippen MR) is 73.4 cm³/mol. The molecule has 2 aromatic rings. The molecule has 0 radical (unpaired) electrons. The topological polar surface area (TPSA) is 55.1 Å². The monoisotopic (exact) mass is 258 g/mol. The van der Waals surface area contributed by atoms with Crippen molar-refractivity contribution in [1.82, 2.24) is 9.55 Å². The van der Waals surface area contributed by atoms with Crippen molar-refractivity contribution in [3.63, 3.8) is 0 Å². The van der Waals surface area contributed by atoms with Crippen LogP contribution in [-0.4, -0.2) is 20.6 Å². The number of imidazole rings is 1. The van der Waals surface area contributed by atoms with Gasteiger partial charge in [-0.1, -0.05) is 12.8 Å². The van der Waals surface area contributed by atoms with Crippen molar-refractivity contribution >= 4 is 17.0 Å². The standard InChI is InChI=1S/C15H18N2O2/c1-10-16-13-7-6-12(15(18)19)9-14(13)17(10)8-2-3-11-4-5-11/h6-7,9,11H,2-5,8H2,1H3,(H,18,19). The van der Waals surface area contributed by atoms with Crippen LogP contribution in [0.4, 0.5) is 0 Å². The minimum Gasteiger partial charge on any atom is -0.478 e. The van der Waals surface area contributed by atoms with Crippen LogP contribution in [0.15, 0.2) is 18.2 Å². The van der Waals surface area contributed by atoms with Gasteiger partial charge in [0.05, 0.1) is 16.6 Å². The molecule has 0 spiro atoms. The van der Waals surface area contributed by atoms with Gasteiger partial charge in [-0.25, -0.2) is 9.78 Å². The average Bonchev–Trinajstić information content (AvgIpc) is 3.14. The van der Waals surface area contributed by atoms with Gasteiger partial charge in [-0.05, 0) is 43.9 Å². The number of hydrogen-bond acceptors (Lipinski definition) is 2. The van der Waals surface area contributed by atoms with Crippen molar-refractivity contribution in [2.24, 2.45) is 5.92 Å². The zero-order valence-corrected chi connectivity index (χ0v) is 11.1. The van der Waals surface area contributed by atoms with E-state index < -0.39 is 5.97 Å². The molecular weight excluding hydrogens is 240 g/mol. The minimum absolute atomic E-state index is 0.329. The molecule has 0 saturated heterocycles. The first-order chi connectivity index (χ1) is 9.15. The molecule has 0 unspecified atom stereocenters. The van der Waals surface area contributed by atoms with Crippen LogP contribution < -0.4 is 0 Å². The molecule has 1 aliphatic rings. The largest absolute Gasteiger partial charge is 0.478 e. The van der Waals surface area contributed by atoms with Gasteiger partial charge in [0.1, 0.15) is 5.82 Å². The fourth-order valence-electron chi connectivity index (χ4n) is 2.60. The van der Waals surface area contributed by atoms with Gasteiger partial charge in [0, 0.05) is 6.54 Å². The Bertz CT molecular complexity index is 626. The summed E-state index contributed by atoms with van der Waals surface area (Å²) in [6.45, 7) is 2.92. The Morgan fingerprint density at radius 2 is 2.26 bits per heavy atom. The molecule has 1 fully saturated rings. The van der Waals surface area contributed by atoms with Crippen LogP contribution in [-0.2, 0) is 6.54 Å². The van der Waals surface area contributed by atoms with Crippen molar-refractivity contribution in [2.75, 3.05) is 0 Å². The molecule has 0 aliphatic heterocycles. The Morgan fingerprint density at radius 1 is 1.47 bits per heavy atom. The Morgan fingerprint density at radius 3 is 2.95 bits per heavy atom. The van der Waals surface area contributed by atoms with Gasteiger partial charge in [-0.3, -0.25) is 0 Å². The number of rotatable bonds is 5. The zero-order valence-electron chi connectivity index (χ0n) is 11.1. The van der Waals surface area contributed by atoms with Crippen molar-refractivity contribution < 1.29 is 9.90 Å². The quantitative estimate of drug-likeness (QED) is 0.895. The van der Waals surface area contributed by atoms with Gasteiger partial charge in [0.2, 0.25) is 0 Å². The molecule has 4 heteroatoms. The summed E-state index contributed by atoms with van der Waals surface area (Å²) in [7, 11) is 0. The molecule has 3 rings (SSSR count). The molecule has 1 aliphatic carbocycles. The Hall–Kier alpha value is -1.84. The van der Waals surface area contributed by atoms with E-state index in [2.05, 4.69) is 9.55 Å². The van der Waals surface area contributed by atoms with Crippen LogP contribution in [0.25, 0.3) is 11.0 Å². The molecule has 1 saturated carbocycles. The van der Waals surface area contributed by atoms with Crippen molar-refractivity contribution in [3.8, 4) is 0 Å². The van der Waals surface area contributed by atoms with Gasteiger partial charge in [-0.2, -0.15) is 0 Å². The second-order valence-electron chi connectivity index (χ2n) is 5.40. The van der Waals surface area contributed by atoms with Crippen molar-refractivity contribution in [3.05, 3.63) is 29.6 Å². The third-order valence-electron chi connectivity index (χ3n) is 3.88. The lowest BCUT2D eigenvalue weighted by molar-refractivity contribution is 0.0697. The van der Waals surface area contributed by atoms with Crippen molar-refractivity contribution in [1.29, 1.82) is 0 Å². The summed E-state index contributed by atoms with van der Waals surface area (Å²) in [5.41, 5.74) is 2.15. The summed E-state index contributed by atoms with van der Waals surface area (Å²) < 4.78 is 2.14. The molecule has 1 heterocycles. The second-order valence-corrected chi connectivity index (χ2v) is 5.40. The number of nitrogens with zero attached hydrogens (tertiary/aromatic N) is 2. The average molecular weight is 258 g/mol. The molecule has 0 atom stereocenters. The highest BCUT2D eigenvalue weighted by atomic mass is 16.4. The summed E-state index contributed by atoms with van der Waals surface area (Å²) >= 11 is 0. The summed E-state index contributed by atoms with van der Waals surface area (Å²) in [4.78, 5) is 15.5. The second kappa shape index (κ2) is 4.68. The first-order valence-electron chi connectivity index (χ1n) is 6.85. The number of fused-ring (bicyclic) bond motifs is 1. The Balaban J connectivity index is 1.88. The maximum atomic E-state index is 11.0. The molecule has 100 valence electrons. The van der Waals surface area contributed by atoms with Crippen LogP contribution in [0.3, 0.4) is 0 Å². The van der Waals surface area contributed by atoms with E-state index in [4.69, 9.17) is 5.11 Å². The van der Waals surface area contributed by atoms with Gasteiger partial charge in [0.25, 0.3) is 0 Å². The van der Waals surface area contributed by atoms with E-state index in [0.29, 0.717) is 5.56 Å². The smallest absolute Gasteiger partial charge is 0.335 e. The molecule has 1 aromatic heterocycles. The van der Waals surface area contributed by atoms with E-state index >= 15 is 0 Å². The number of benzene rings is 1. The van der Waals surface area contributed by atoms with E-state index in [1.807, 2.05) is 6.92 Å². The fourth-order valence-corrected chi connectivity index (χ4v) is 2.60. The van der Waals surface area contributed by atoms with Gasteiger partial charge >= 0.3 is 5.97 Å². The predicted octanol–water partition coefficient (Wildman–Crippen LogP) is 3.23. The van der Waals surface area contributed by atoms with E-state index in [1.165, 1.54) is 19.3 Å². The van der Waals surface area contributed by atoms with Crippen molar-refractivity contribution in [2.45, 2.75) is 39.2 Å². The van der Waals surface area contributed by atoms with E-state index in [0.717, 1.165) is 35.7 Å². The van der Waals surface area contributed by atoms with Gasteiger partial charge in [-0.15, -0.1) is 0 Å². The van der Waals surface area contributed by atoms with E-state index in [-0.39, 0.29) is 0 Å². The number of aromatic carboxylic acids is 1. The highest BCUT2D eigenvalue weighted by Gasteiger charge is 2.20. The lowest BCUT2D eigenvalue weighted by atomic mass is 10.2. The molecule has 4 nitrogen and oxygen atoms in total. The lowest BCUT2D eigenvalue weighted by Crippen LogP contribution is -2.02. The summed E-state index contributed by atoms with van der Waals surface area (Å²) in [6.07, 6.45) is 5.19. The number of aryl methyl sites for hydroxylation is 2. The highest BCUT2D eigenvalue weighted by Crippen LogP contribution is 2.33. The van der Waals surface area contributed by atoms with Gasteiger partial charge in [0.15, 0.2) is 0 Å². The molecule has 1 N–H and O–H groups in total. The van der Waals surface area contributed by atoms with E-state index in [1.54, 1.807) is 18.2 Å². The molecule has 1 aromatic carbocycles. The number of hydrogen-bond donors (Lipinski definition) is 1. The van der Waals surface area contributed by atoms with Crippen LogP contribution in [0.5, 0.6) is 0 Å². The Labute approximate surface area is 112 Å². The summed E-state index contributed by atoms with van der Waals surface area (Å²) in [5.74, 6) is 1.02. The third kappa shape index (κ3) is 2.48. The fraction of sp³-hybridized carbons (Fsp3) is 0.467. The number of carbonyl (C=O) groups is 1. The summed E-state index contributed by atoms with van der Waals surface area (Å²) in [5, 5.41) is 9.07. The maximum Gasteiger partial charge on any atom is 0.335 e. The first kappa shape index (κ1) is 12.2. The number of aromatic nitrogens is 2. The number of carboxylic acids is 1. The lowest BCUT2D eigenvalue weighted by Gasteiger charge is -2.06. The number of carboxylic acid groups (broad SMARTS) is 1. The highest BCUT2D eigenvalue weighted by molar-refractivity contribution is 5.92. The Kier molecular flexibility index (Phi) is 3.01. The minimum atomic E-state index is -0.884. The van der Waals surface area contributed by atoms with Crippen LogP contribution >= 0.6 is 0 Å². The normalized spacial score (nSPS) is 15.0. The van der Waals surface area contributed by atoms with Gasteiger partial charge < -0.3 is 9.67 Å². The molecular formula is C15H18N2O2. The molecule has 19 heavy (non-hydrogen) atoms. The van der Waals surface area contributed by atoms with Crippen LogP contribution in [0.2, 0.25) is 0 Å².